The summed E-state index contributed by atoms with van der Waals surface area (Å²) in [6, 6.07) is 56.7. The van der Waals surface area contributed by atoms with Gasteiger partial charge in [-0.1, -0.05) is 146 Å². The SMILES string of the molecule is c1ccc(-c2ccc(-c3cc(-c4ccccc4)nc(-c4ccc(-c5c6ccccc6nc6c5ccc5cccnc56)cc4)n3)cc2)cc1. The van der Waals surface area contributed by atoms with Crippen LogP contribution in [0.25, 0.3) is 88.9 Å². The highest BCUT2D eigenvalue weighted by Gasteiger charge is 2.16. The number of fused-ring (bicyclic) bond motifs is 4. The van der Waals surface area contributed by atoms with Gasteiger partial charge in [-0.15, -0.1) is 0 Å². The van der Waals surface area contributed by atoms with Crippen LogP contribution in [0.1, 0.15) is 0 Å². The van der Waals surface area contributed by atoms with Crippen molar-refractivity contribution in [3.63, 3.8) is 0 Å². The molecule has 0 spiro atoms. The van der Waals surface area contributed by atoms with E-state index >= 15 is 0 Å². The summed E-state index contributed by atoms with van der Waals surface area (Å²) >= 11 is 0. The highest BCUT2D eigenvalue weighted by Crippen LogP contribution is 2.38. The minimum absolute atomic E-state index is 0.685. The second-order valence-electron chi connectivity index (χ2n) is 11.9. The predicted molar refractivity (Wildman–Crippen MR) is 197 cm³/mol. The fraction of sp³-hybridized carbons (Fsp3) is 0. The number of hydrogen-bond donors (Lipinski definition) is 0. The molecule has 4 heteroatoms. The van der Waals surface area contributed by atoms with E-state index in [-0.39, 0.29) is 0 Å². The van der Waals surface area contributed by atoms with Crippen LogP contribution in [0.15, 0.2) is 170 Å². The minimum Gasteiger partial charge on any atom is -0.254 e. The number of pyridine rings is 2. The highest BCUT2D eigenvalue weighted by atomic mass is 14.9. The number of hydrogen-bond acceptors (Lipinski definition) is 4. The van der Waals surface area contributed by atoms with E-state index in [4.69, 9.17) is 19.9 Å². The van der Waals surface area contributed by atoms with Gasteiger partial charge in [-0.25, -0.2) is 15.0 Å². The van der Waals surface area contributed by atoms with Gasteiger partial charge in [-0.2, -0.15) is 0 Å². The fourth-order valence-electron chi connectivity index (χ4n) is 6.53. The van der Waals surface area contributed by atoms with Gasteiger partial charge in [0.05, 0.1) is 27.9 Å². The normalized spacial score (nSPS) is 11.3. The van der Waals surface area contributed by atoms with Crippen LogP contribution in [0.3, 0.4) is 0 Å². The smallest absolute Gasteiger partial charge is 0.160 e. The van der Waals surface area contributed by atoms with E-state index in [0.717, 1.165) is 71.9 Å². The van der Waals surface area contributed by atoms with Crippen molar-refractivity contribution < 1.29 is 0 Å². The van der Waals surface area contributed by atoms with E-state index in [1.807, 2.05) is 42.6 Å². The van der Waals surface area contributed by atoms with Gasteiger partial charge in [0.1, 0.15) is 0 Å². The van der Waals surface area contributed by atoms with Crippen molar-refractivity contribution in [2.45, 2.75) is 0 Å². The van der Waals surface area contributed by atoms with E-state index in [1.165, 1.54) is 11.1 Å². The van der Waals surface area contributed by atoms with Crippen molar-refractivity contribution in [2.24, 2.45) is 0 Å². The number of aromatic nitrogens is 4. The molecule has 0 amide bonds. The molecule has 6 aromatic carbocycles. The molecule has 48 heavy (non-hydrogen) atoms. The van der Waals surface area contributed by atoms with Crippen molar-refractivity contribution in [3.05, 3.63) is 170 Å². The van der Waals surface area contributed by atoms with Crippen LogP contribution in [0.5, 0.6) is 0 Å². The molecule has 0 aliphatic rings. The molecule has 0 fully saturated rings. The third-order valence-electron chi connectivity index (χ3n) is 8.94. The van der Waals surface area contributed by atoms with E-state index in [0.29, 0.717) is 5.82 Å². The summed E-state index contributed by atoms with van der Waals surface area (Å²) in [7, 11) is 0. The van der Waals surface area contributed by atoms with Crippen LogP contribution in [-0.2, 0) is 0 Å². The Kier molecular flexibility index (Phi) is 6.76. The van der Waals surface area contributed by atoms with Gasteiger partial charge >= 0.3 is 0 Å². The molecule has 0 saturated carbocycles. The second-order valence-corrected chi connectivity index (χ2v) is 11.9. The Hall–Kier alpha value is -6.52. The molecule has 0 radical (unpaired) electrons. The number of para-hydroxylation sites is 1. The molecule has 0 atom stereocenters. The summed E-state index contributed by atoms with van der Waals surface area (Å²) in [4.78, 5) is 20.0. The van der Waals surface area contributed by atoms with Crippen LogP contribution in [0, 0.1) is 0 Å². The molecule has 224 valence electrons. The third kappa shape index (κ3) is 4.97. The number of rotatable bonds is 5. The van der Waals surface area contributed by atoms with E-state index in [9.17, 15) is 0 Å². The molecule has 0 N–H and O–H groups in total. The maximum atomic E-state index is 5.11. The standard InChI is InChI=1S/C44H28N4/c1-3-10-29(11-4-1)30-17-19-32(20-18-30)40-28-39(31-12-5-2-6-13-31)47-44(48-40)35-23-21-33(22-24-35)41-36-15-7-8-16-38(36)46-43-37(41)26-25-34-14-9-27-45-42(34)43/h1-28H. The Morgan fingerprint density at radius 3 is 1.69 bits per heavy atom. The maximum Gasteiger partial charge on any atom is 0.160 e. The first-order chi connectivity index (χ1) is 23.8. The highest BCUT2D eigenvalue weighted by molar-refractivity contribution is 6.15. The summed E-state index contributed by atoms with van der Waals surface area (Å²) in [6.07, 6.45) is 1.84. The number of benzene rings is 6. The van der Waals surface area contributed by atoms with Crippen molar-refractivity contribution in [3.8, 4) is 56.2 Å². The van der Waals surface area contributed by atoms with Crippen LogP contribution < -0.4 is 0 Å². The molecule has 3 aromatic heterocycles. The van der Waals surface area contributed by atoms with Crippen LogP contribution >= 0.6 is 0 Å². The monoisotopic (exact) mass is 612 g/mol. The molecule has 0 aliphatic carbocycles. The molecule has 0 unspecified atom stereocenters. The van der Waals surface area contributed by atoms with Crippen LogP contribution in [-0.4, -0.2) is 19.9 Å². The van der Waals surface area contributed by atoms with Gasteiger partial charge < -0.3 is 0 Å². The third-order valence-corrected chi connectivity index (χ3v) is 8.94. The van der Waals surface area contributed by atoms with Crippen LogP contribution in [0.2, 0.25) is 0 Å². The van der Waals surface area contributed by atoms with Crippen molar-refractivity contribution >= 4 is 32.7 Å². The molecule has 4 nitrogen and oxygen atoms in total. The van der Waals surface area contributed by atoms with Crippen molar-refractivity contribution in [1.82, 2.24) is 19.9 Å². The summed E-state index contributed by atoms with van der Waals surface area (Å²) in [5.41, 5.74) is 12.2. The van der Waals surface area contributed by atoms with Gasteiger partial charge in [0, 0.05) is 44.6 Å². The average molecular weight is 613 g/mol. The molecular weight excluding hydrogens is 585 g/mol. The quantitative estimate of drug-likeness (QED) is 0.143. The topological polar surface area (TPSA) is 51.6 Å². The number of nitrogens with zero attached hydrogens (tertiary/aromatic N) is 4. The van der Waals surface area contributed by atoms with E-state index in [2.05, 4.69) is 127 Å². The fourth-order valence-corrected chi connectivity index (χ4v) is 6.53. The van der Waals surface area contributed by atoms with Crippen molar-refractivity contribution in [1.29, 1.82) is 0 Å². The minimum atomic E-state index is 0.685. The summed E-state index contributed by atoms with van der Waals surface area (Å²) in [5, 5.41) is 3.27. The zero-order chi connectivity index (χ0) is 31.9. The Morgan fingerprint density at radius 2 is 0.938 bits per heavy atom. The van der Waals surface area contributed by atoms with Gasteiger partial charge in [0.15, 0.2) is 5.82 Å². The Labute approximate surface area is 278 Å². The first kappa shape index (κ1) is 27.8. The summed E-state index contributed by atoms with van der Waals surface area (Å²) in [6.45, 7) is 0. The zero-order valence-electron chi connectivity index (χ0n) is 26.0. The lowest BCUT2D eigenvalue weighted by Crippen LogP contribution is -1.96. The molecule has 0 bridgehead atoms. The lowest BCUT2D eigenvalue weighted by atomic mass is 9.94. The van der Waals surface area contributed by atoms with E-state index in [1.54, 1.807) is 0 Å². The largest absolute Gasteiger partial charge is 0.254 e. The second kappa shape index (κ2) is 11.7. The Morgan fingerprint density at radius 1 is 0.354 bits per heavy atom. The zero-order valence-corrected chi connectivity index (χ0v) is 26.0. The predicted octanol–water partition coefficient (Wildman–Crippen LogP) is 11.1. The van der Waals surface area contributed by atoms with Gasteiger partial charge in [-0.3, -0.25) is 4.98 Å². The van der Waals surface area contributed by atoms with Gasteiger partial charge in [0.2, 0.25) is 0 Å². The molecular formula is C44H28N4. The summed E-state index contributed by atoms with van der Waals surface area (Å²) in [5.74, 6) is 0.685. The Balaban J connectivity index is 1.17. The molecule has 9 rings (SSSR count). The Bertz CT molecular complexity index is 2580. The van der Waals surface area contributed by atoms with E-state index < -0.39 is 0 Å². The molecule has 0 aliphatic heterocycles. The first-order valence-corrected chi connectivity index (χ1v) is 16.1. The molecule has 0 saturated heterocycles. The molecule has 3 heterocycles. The maximum absolute atomic E-state index is 5.11. The molecule has 9 aromatic rings. The lowest BCUT2D eigenvalue weighted by Gasteiger charge is -2.14. The first-order valence-electron chi connectivity index (χ1n) is 16.1. The van der Waals surface area contributed by atoms with Crippen molar-refractivity contribution in [2.75, 3.05) is 0 Å². The summed E-state index contributed by atoms with van der Waals surface area (Å²) < 4.78 is 0. The van der Waals surface area contributed by atoms with Crippen LogP contribution in [0.4, 0.5) is 0 Å². The van der Waals surface area contributed by atoms with Gasteiger partial charge in [-0.05, 0) is 34.9 Å². The average Bonchev–Trinajstić information content (AvgIpc) is 3.17. The lowest BCUT2D eigenvalue weighted by molar-refractivity contribution is 1.18. The van der Waals surface area contributed by atoms with Gasteiger partial charge in [0.25, 0.3) is 0 Å².